The topological polar surface area (TPSA) is 169 Å². The highest BCUT2D eigenvalue weighted by Crippen LogP contribution is 2.22. The fourth-order valence-electron chi connectivity index (χ4n) is 6.22. The molecule has 0 spiro atoms. The predicted octanol–water partition coefficient (Wildman–Crippen LogP) is 6.30. The monoisotopic (exact) mass is 726 g/mol. The van der Waals surface area contributed by atoms with Crippen molar-refractivity contribution in [2.24, 2.45) is 0 Å². The first-order chi connectivity index (χ1) is 24.7. The molecule has 1 heterocycles. The number of hydrogen-bond acceptors (Lipinski definition) is 9. The van der Waals surface area contributed by atoms with Crippen molar-refractivity contribution in [1.29, 1.82) is 0 Å². The van der Waals surface area contributed by atoms with E-state index >= 15 is 0 Å². The molecule has 8 unspecified atom stereocenters. The third-order valence-electron chi connectivity index (χ3n) is 9.67. The van der Waals surface area contributed by atoms with Gasteiger partial charge in [-0.3, -0.25) is 4.79 Å². The van der Waals surface area contributed by atoms with Gasteiger partial charge >= 0.3 is 0 Å². The Morgan fingerprint density at radius 2 is 1.27 bits per heavy atom. The maximum absolute atomic E-state index is 12.9. The second-order valence-electron chi connectivity index (χ2n) is 14.4. The van der Waals surface area contributed by atoms with Gasteiger partial charge in [-0.2, -0.15) is 0 Å². The van der Waals surface area contributed by atoms with Crippen LogP contribution >= 0.6 is 0 Å². The van der Waals surface area contributed by atoms with Crippen LogP contribution in [0.5, 0.6) is 0 Å². The summed E-state index contributed by atoms with van der Waals surface area (Å²) in [6.45, 7) is 5.62. The number of rotatable bonds is 31. The number of amides is 1. The van der Waals surface area contributed by atoms with Crippen molar-refractivity contribution in [2.45, 2.75) is 205 Å². The van der Waals surface area contributed by atoms with Crippen molar-refractivity contribution < 1.29 is 44.9 Å². The van der Waals surface area contributed by atoms with Gasteiger partial charge in [-0.1, -0.05) is 146 Å². The molecule has 8 atom stereocenters. The number of nitrogens with one attached hydrogen (secondary N) is 1. The second kappa shape index (κ2) is 30.8. The quantitative estimate of drug-likeness (QED) is 0.0320. The Bertz CT molecular complexity index is 940. The van der Waals surface area contributed by atoms with Crippen LogP contribution in [0.3, 0.4) is 0 Å². The Morgan fingerprint density at radius 1 is 0.725 bits per heavy atom. The summed E-state index contributed by atoms with van der Waals surface area (Å²) >= 11 is 0. The molecule has 1 rings (SSSR count). The minimum Gasteiger partial charge on any atom is -0.394 e. The molecule has 0 aliphatic carbocycles. The standard InChI is InChI=1S/C41H75NO9/c1-4-6-8-10-11-12-13-14-15-16-17-18-19-20-24-29-35(45)40(49)42-33(31-50-41-39(48)38(47)37(46)36(30-43)51-41)34(44)28-25-21-23-27-32(3)26-22-9-7-5-2/h24-25,27-29,33-39,41,43-48H,4-23,26,30-31H2,1-3H3,(H,42,49). The lowest BCUT2D eigenvalue weighted by Gasteiger charge is -2.40. The molecular formula is C41H75NO9. The number of carbonyl (C=O) groups excluding carboxylic acids is 1. The molecule has 51 heavy (non-hydrogen) atoms. The van der Waals surface area contributed by atoms with E-state index in [-0.39, 0.29) is 6.61 Å². The number of allylic oxidation sites excluding steroid dienone is 4. The molecule has 1 saturated heterocycles. The van der Waals surface area contributed by atoms with E-state index in [1.165, 1.54) is 108 Å². The van der Waals surface area contributed by atoms with E-state index in [2.05, 4.69) is 32.2 Å². The molecule has 1 aliphatic rings. The van der Waals surface area contributed by atoms with E-state index in [1.54, 1.807) is 12.2 Å². The second-order valence-corrected chi connectivity index (χ2v) is 14.4. The number of aliphatic hydroxyl groups is 6. The van der Waals surface area contributed by atoms with Crippen molar-refractivity contribution in [3.63, 3.8) is 0 Å². The average molecular weight is 726 g/mol. The summed E-state index contributed by atoms with van der Waals surface area (Å²) in [6, 6.07) is -1.03. The third-order valence-corrected chi connectivity index (χ3v) is 9.67. The zero-order chi connectivity index (χ0) is 37.7. The normalized spacial score (nSPS) is 23.2. The minimum atomic E-state index is -1.62. The van der Waals surface area contributed by atoms with Gasteiger partial charge in [0, 0.05) is 0 Å². The highest BCUT2D eigenvalue weighted by Gasteiger charge is 2.44. The van der Waals surface area contributed by atoms with E-state index in [4.69, 9.17) is 9.47 Å². The van der Waals surface area contributed by atoms with Crippen LogP contribution in [0.4, 0.5) is 0 Å². The van der Waals surface area contributed by atoms with E-state index in [9.17, 15) is 35.4 Å². The lowest BCUT2D eigenvalue weighted by molar-refractivity contribution is -0.302. The average Bonchev–Trinajstić information content (AvgIpc) is 3.12. The predicted molar refractivity (Wildman–Crippen MR) is 204 cm³/mol. The summed E-state index contributed by atoms with van der Waals surface area (Å²) in [4.78, 5) is 12.9. The molecular weight excluding hydrogens is 650 g/mol. The highest BCUT2D eigenvalue weighted by atomic mass is 16.7. The molecule has 1 aliphatic heterocycles. The van der Waals surface area contributed by atoms with Crippen LogP contribution in [-0.4, -0.2) is 98.7 Å². The van der Waals surface area contributed by atoms with Crippen molar-refractivity contribution in [3.8, 4) is 0 Å². The zero-order valence-corrected chi connectivity index (χ0v) is 32.2. The lowest BCUT2D eigenvalue weighted by Crippen LogP contribution is -2.60. The van der Waals surface area contributed by atoms with Gasteiger partial charge in [-0.15, -0.1) is 0 Å². The van der Waals surface area contributed by atoms with Gasteiger partial charge < -0.3 is 45.4 Å². The molecule has 0 radical (unpaired) electrons. The summed E-state index contributed by atoms with van der Waals surface area (Å²) < 4.78 is 11.1. The molecule has 0 aromatic rings. The van der Waals surface area contributed by atoms with Crippen LogP contribution in [0.15, 0.2) is 36.0 Å². The van der Waals surface area contributed by atoms with Crippen LogP contribution in [0, 0.1) is 0 Å². The first kappa shape index (κ1) is 47.4. The van der Waals surface area contributed by atoms with Crippen LogP contribution in [-0.2, 0) is 14.3 Å². The van der Waals surface area contributed by atoms with Gasteiger partial charge in [-0.25, -0.2) is 0 Å². The Morgan fingerprint density at radius 3 is 1.86 bits per heavy atom. The number of aliphatic hydroxyl groups excluding tert-OH is 6. The number of carbonyl (C=O) groups is 1. The molecule has 10 nitrogen and oxygen atoms in total. The summed E-state index contributed by atoms with van der Waals surface area (Å²) in [7, 11) is 0. The smallest absolute Gasteiger partial charge is 0.253 e. The molecule has 10 heteroatoms. The van der Waals surface area contributed by atoms with Crippen LogP contribution in [0.1, 0.15) is 156 Å². The van der Waals surface area contributed by atoms with Gasteiger partial charge in [0.05, 0.1) is 25.4 Å². The molecule has 0 aromatic carbocycles. The fraction of sp³-hybridized carbons (Fsp3) is 0.829. The molecule has 0 bridgehead atoms. The van der Waals surface area contributed by atoms with E-state index < -0.39 is 61.5 Å². The Kier molecular flexibility index (Phi) is 28.6. The van der Waals surface area contributed by atoms with Crippen molar-refractivity contribution in [1.82, 2.24) is 5.32 Å². The summed E-state index contributed by atoms with van der Waals surface area (Å²) in [5.41, 5.74) is 1.34. The summed E-state index contributed by atoms with van der Waals surface area (Å²) in [6.07, 6.45) is 23.6. The SMILES string of the molecule is CCCCCCCCCCCCCCCC=CC(O)C(=O)NC(COC1OC(CO)C(O)C(O)C1O)C(O)C=CCCC=C(C)CCCCCC. The maximum Gasteiger partial charge on any atom is 0.253 e. The van der Waals surface area contributed by atoms with E-state index in [0.717, 1.165) is 32.1 Å². The fourth-order valence-corrected chi connectivity index (χ4v) is 6.22. The summed E-state index contributed by atoms with van der Waals surface area (Å²) in [5.74, 6) is -0.715. The van der Waals surface area contributed by atoms with Crippen molar-refractivity contribution in [3.05, 3.63) is 36.0 Å². The number of unbranched alkanes of at least 4 members (excludes halogenated alkanes) is 17. The van der Waals surface area contributed by atoms with Crippen LogP contribution in [0.2, 0.25) is 0 Å². The van der Waals surface area contributed by atoms with Gasteiger partial charge in [0.15, 0.2) is 12.4 Å². The molecule has 1 fully saturated rings. The first-order valence-corrected chi connectivity index (χ1v) is 20.2. The minimum absolute atomic E-state index is 0.341. The van der Waals surface area contributed by atoms with Gasteiger partial charge in [0.2, 0.25) is 0 Å². The molecule has 7 N–H and O–H groups in total. The first-order valence-electron chi connectivity index (χ1n) is 20.2. The largest absolute Gasteiger partial charge is 0.394 e. The Balaban J connectivity index is 2.58. The third kappa shape index (κ3) is 22.2. The van der Waals surface area contributed by atoms with Gasteiger partial charge in [-0.05, 0) is 45.4 Å². The molecule has 298 valence electrons. The van der Waals surface area contributed by atoms with Gasteiger partial charge in [0.25, 0.3) is 5.91 Å². The molecule has 0 aromatic heterocycles. The van der Waals surface area contributed by atoms with E-state index in [0.29, 0.717) is 6.42 Å². The highest BCUT2D eigenvalue weighted by molar-refractivity contribution is 5.82. The summed E-state index contributed by atoms with van der Waals surface area (Å²) in [5, 5.41) is 64.2. The Hall–Kier alpha value is -1.63. The van der Waals surface area contributed by atoms with Crippen molar-refractivity contribution >= 4 is 5.91 Å². The number of hydrogen-bond donors (Lipinski definition) is 7. The van der Waals surface area contributed by atoms with Crippen LogP contribution < -0.4 is 5.32 Å². The van der Waals surface area contributed by atoms with Crippen LogP contribution in [0.25, 0.3) is 0 Å². The molecule has 1 amide bonds. The van der Waals surface area contributed by atoms with Crippen molar-refractivity contribution in [2.75, 3.05) is 13.2 Å². The zero-order valence-electron chi connectivity index (χ0n) is 32.2. The lowest BCUT2D eigenvalue weighted by atomic mass is 9.99. The maximum atomic E-state index is 12.9. The number of ether oxygens (including phenoxy) is 2. The van der Waals surface area contributed by atoms with Gasteiger partial charge in [0.1, 0.15) is 24.4 Å². The molecule has 0 saturated carbocycles. The van der Waals surface area contributed by atoms with E-state index in [1.807, 2.05) is 6.08 Å². The Labute approximate surface area is 309 Å².